The molecule has 35 heavy (non-hydrogen) atoms. The highest BCUT2D eigenvalue weighted by molar-refractivity contribution is 5.59. The molecule has 2 aromatic rings. The molecule has 0 aliphatic carbocycles. The second kappa shape index (κ2) is 20.1. The summed E-state index contributed by atoms with van der Waals surface area (Å²) in [5.74, 6) is 1.53. The number of aromatic nitrogens is 2. The van der Waals surface area contributed by atoms with Crippen molar-refractivity contribution in [2.75, 3.05) is 13.2 Å². The summed E-state index contributed by atoms with van der Waals surface area (Å²) in [4.78, 5) is 0. The maximum absolute atomic E-state index is 5.91. The quantitative estimate of drug-likeness (QED) is 0.157. The Morgan fingerprint density at radius 3 is 1.46 bits per heavy atom. The van der Waals surface area contributed by atoms with Crippen LogP contribution >= 0.6 is 0 Å². The Hall–Kier alpha value is -2.10. The van der Waals surface area contributed by atoms with Gasteiger partial charge in [-0.15, -0.1) is 10.2 Å². The van der Waals surface area contributed by atoms with Crippen molar-refractivity contribution in [3.8, 4) is 22.9 Å². The largest absolute Gasteiger partial charge is 0.494 e. The van der Waals surface area contributed by atoms with E-state index >= 15 is 0 Å². The number of benzene rings is 1. The molecule has 1 aromatic carbocycles. The van der Waals surface area contributed by atoms with E-state index in [4.69, 9.17) is 9.47 Å². The summed E-state index contributed by atoms with van der Waals surface area (Å²) in [5, 5.41) is 8.60. The van der Waals surface area contributed by atoms with E-state index in [2.05, 4.69) is 36.2 Å². The average Bonchev–Trinajstić information content (AvgIpc) is 2.89. The van der Waals surface area contributed by atoms with Crippen molar-refractivity contribution in [2.24, 2.45) is 0 Å². The van der Waals surface area contributed by atoms with E-state index in [0.29, 0.717) is 5.88 Å². The first-order chi connectivity index (χ1) is 17.3. The molecule has 4 heteroatoms. The van der Waals surface area contributed by atoms with E-state index < -0.39 is 0 Å². The second-order valence-corrected chi connectivity index (χ2v) is 9.78. The summed E-state index contributed by atoms with van der Waals surface area (Å²) in [5.41, 5.74) is 1.90. The molecule has 0 fully saturated rings. The van der Waals surface area contributed by atoms with Crippen LogP contribution in [0.4, 0.5) is 0 Å². The van der Waals surface area contributed by atoms with Gasteiger partial charge in [0.15, 0.2) is 0 Å². The topological polar surface area (TPSA) is 44.2 Å². The van der Waals surface area contributed by atoms with Crippen LogP contribution in [0.15, 0.2) is 36.4 Å². The van der Waals surface area contributed by atoms with Gasteiger partial charge in [-0.1, -0.05) is 110 Å². The summed E-state index contributed by atoms with van der Waals surface area (Å²) < 4.78 is 11.7. The average molecular weight is 483 g/mol. The third-order valence-corrected chi connectivity index (χ3v) is 6.55. The van der Waals surface area contributed by atoms with Crippen molar-refractivity contribution in [3.05, 3.63) is 36.4 Å². The van der Waals surface area contributed by atoms with E-state index in [1.54, 1.807) is 0 Å². The van der Waals surface area contributed by atoms with Crippen molar-refractivity contribution < 1.29 is 9.47 Å². The fourth-order valence-corrected chi connectivity index (χ4v) is 4.29. The summed E-state index contributed by atoms with van der Waals surface area (Å²) in [6.45, 7) is 6.04. The van der Waals surface area contributed by atoms with Crippen molar-refractivity contribution >= 4 is 0 Å². The van der Waals surface area contributed by atoms with Gasteiger partial charge >= 0.3 is 0 Å². The molecule has 0 aliphatic rings. The normalized spacial score (nSPS) is 11.0. The maximum Gasteiger partial charge on any atom is 0.233 e. The van der Waals surface area contributed by atoms with Crippen molar-refractivity contribution in [1.82, 2.24) is 10.2 Å². The van der Waals surface area contributed by atoms with Crippen LogP contribution in [0, 0.1) is 0 Å². The minimum atomic E-state index is 0.610. The monoisotopic (exact) mass is 482 g/mol. The highest BCUT2D eigenvalue weighted by Crippen LogP contribution is 2.22. The van der Waals surface area contributed by atoms with Crippen LogP contribution in [0.1, 0.15) is 123 Å². The highest BCUT2D eigenvalue weighted by atomic mass is 16.5. The van der Waals surface area contributed by atoms with Gasteiger partial charge in [-0.05, 0) is 43.2 Å². The zero-order chi connectivity index (χ0) is 24.8. The maximum atomic E-state index is 5.91. The number of nitrogens with zero attached hydrogens (tertiary/aromatic N) is 2. The van der Waals surface area contributed by atoms with Crippen LogP contribution in [-0.2, 0) is 0 Å². The highest BCUT2D eigenvalue weighted by Gasteiger charge is 2.03. The van der Waals surface area contributed by atoms with Crippen molar-refractivity contribution in [3.63, 3.8) is 0 Å². The fourth-order valence-electron chi connectivity index (χ4n) is 4.29. The number of hydrogen-bond donors (Lipinski definition) is 0. The molecule has 0 saturated carbocycles. The molecule has 2 rings (SSSR count). The molecule has 0 aliphatic heterocycles. The van der Waals surface area contributed by atoms with Gasteiger partial charge in [-0.2, -0.15) is 0 Å². The van der Waals surface area contributed by atoms with Gasteiger partial charge in [0.1, 0.15) is 5.75 Å². The lowest BCUT2D eigenvalue weighted by atomic mass is 10.1. The molecular formula is C31H50N2O2. The molecule has 0 saturated heterocycles. The van der Waals surface area contributed by atoms with Gasteiger partial charge < -0.3 is 9.47 Å². The Labute approximate surface area is 215 Å². The summed E-state index contributed by atoms with van der Waals surface area (Å²) in [6.07, 6.45) is 22.4. The Morgan fingerprint density at radius 1 is 0.486 bits per heavy atom. The van der Waals surface area contributed by atoms with Gasteiger partial charge in [0, 0.05) is 11.6 Å². The SMILES string of the molecule is CCCCCCCCCCCOc1ccc(-c2ccc(OCCCCCCCCCC)cc2)nn1. The van der Waals surface area contributed by atoms with Gasteiger partial charge in [0.05, 0.1) is 18.9 Å². The smallest absolute Gasteiger partial charge is 0.233 e. The summed E-state index contributed by atoms with van der Waals surface area (Å²) in [6, 6.07) is 12.1. The second-order valence-electron chi connectivity index (χ2n) is 9.78. The minimum absolute atomic E-state index is 0.610. The first-order valence-electron chi connectivity index (χ1n) is 14.5. The molecule has 1 heterocycles. The number of hydrogen-bond acceptors (Lipinski definition) is 4. The lowest BCUT2D eigenvalue weighted by Crippen LogP contribution is -2.00. The molecule has 1 aromatic heterocycles. The third kappa shape index (κ3) is 14.1. The third-order valence-electron chi connectivity index (χ3n) is 6.55. The van der Waals surface area contributed by atoms with Crippen LogP contribution in [0.25, 0.3) is 11.3 Å². The van der Waals surface area contributed by atoms with Gasteiger partial charge in [-0.25, -0.2) is 0 Å². The molecule has 0 radical (unpaired) electrons. The van der Waals surface area contributed by atoms with E-state index in [1.807, 2.05) is 24.3 Å². The number of rotatable bonds is 22. The minimum Gasteiger partial charge on any atom is -0.494 e. The fraction of sp³-hybridized carbons (Fsp3) is 0.677. The van der Waals surface area contributed by atoms with Gasteiger partial charge in [0.25, 0.3) is 0 Å². The summed E-state index contributed by atoms with van der Waals surface area (Å²) >= 11 is 0. The molecule has 0 bridgehead atoms. The predicted molar refractivity (Wildman–Crippen MR) is 148 cm³/mol. The zero-order valence-corrected chi connectivity index (χ0v) is 22.6. The van der Waals surface area contributed by atoms with E-state index in [1.165, 1.54) is 96.3 Å². The van der Waals surface area contributed by atoms with Gasteiger partial charge in [-0.3, -0.25) is 0 Å². The van der Waals surface area contributed by atoms with Crippen LogP contribution in [0.3, 0.4) is 0 Å². The molecule has 0 amide bonds. The number of unbranched alkanes of at least 4 members (excludes halogenated alkanes) is 15. The lowest BCUT2D eigenvalue weighted by molar-refractivity contribution is 0.290. The molecule has 0 unspecified atom stereocenters. The Bertz CT molecular complexity index is 731. The van der Waals surface area contributed by atoms with Crippen LogP contribution < -0.4 is 9.47 Å². The van der Waals surface area contributed by atoms with Gasteiger partial charge in [0.2, 0.25) is 5.88 Å². The standard InChI is InChI=1S/C31H50N2O2/c1-3-5-7-9-11-13-15-17-19-27-35-31-25-24-30(32-33-31)28-20-22-29(23-21-28)34-26-18-16-14-12-10-8-6-4-2/h20-25H,3-19,26-27H2,1-2H3. The first-order valence-corrected chi connectivity index (χ1v) is 14.5. The van der Waals surface area contributed by atoms with E-state index in [-0.39, 0.29) is 0 Å². The van der Waals surface area contributed by atoms with Crippen LogP contribution in [0.2, 0.25) is 0 Å². The van der Waals surface area contributed by atoms with E-state index in [0.717, 1.165) is 43.1 Å². The lowest BCUT2D eigenvalue weighted by Gasteiger charge is -2.08. The van der Waals surface area contributed by atoms with Crippen LogP contribution in [0.5, 0.6) is 11.6 Å². The molecule has 0 spiro atoms. The zero-order valence-electron chi connectivity index (χ0n) is 22.6. The predicted octanol–water partition coefficient (Wildman–Crippen LogP) is 9.57. The first kappa shape index (κ1) is 29.1. The molecule has 196 valence electrons. The summed E-state index contributed by atoms with van der Waals surface area (Å²) in [7, 11) is 0. The Morgan fingerprint density at radius 2 is 0.971 bits per heavy atom. The van der Waals surface area contributed by atoms with Crippen molar-refractivity contribution in [2.45, 2.75) is 123 Å². The van der Waals surface area contributed by atoms with E-state index in [9.17, 15) is 0 Å². The Balaban J connectivity index is 1.55. The number of ether oxygens (including phenoxy) is 2. The van der Waals surface area contributed by atoms with Crippen molar-refractivity contribution in [1.29, 1.82) is 0 Å². The molecule has 0 N–H and O–H groups in total. The molecule has 4 nitrogen and oxygen atoms in total. The Kier molecular flexibility index (Phi) is 16.8. The molecule has 0 atom stereocenters. The van der Waals surface area contributed by atoms with Crippen LogP contribution in [-0.4, -0.2) is 23.4 Å². The molecular weight excluding hydrogens is 432 g/mol.